The van der Waals surface area contributed by atoms with Crippen LogP contribution in [0.25, 0.3) is 0 Å². The van der Waals surface area contributed by atoms with E-state index >= 15 is 0 Å². The maximum atomic E-state index is 10.7. The number of carboxylic acid groups (broad SMARTS) is 1. The van der Waals surface area contributed by atoms with Crippen LogP contribution in [0.15, 0.2) is 10.8 Å². The summed E-state index contributed by atoms with van der Waals surface area (Å²) in [5.74, 6) is -1.65. The molecule has 1 aromatic heterocycles. The summed E-state index contributed by atoms with van der Waals surface area (Å²) in [5.41, 5.74) is 10.3. The zero-order chi connectivity index (χ0) is 11.4. The Balaban J connectivity index is 2.73. The highest BCUT2D eigenvalue weighted by Gasteiger charge is 2.21. The van der Waals surface area contributed by atoms with Gasteiger partial charge < -0.3 is 21.0 Å². The first kappa shape index (κ1) is 11.2. The van der Waals surface area contributed by atoms with Crippen LogP contribution in [0, 0.1) is 0 Å². The molecule has 7 nitrogen and oxygen atoms in total. The Bertz CT molecular complexity index is 374. The van der Waals surface area contributed by atoms with E-state index in [2.05, 4.69) is 4.98 Å². The largest absolute Gasteiger partial charge is 0.476 e. The minimum atomic E-state index is -1.21. The Hall–Kier alpha value is -1.89. The number of carbonyl (C=O) groups excluding carboxylic acids is 1. The van der Waals surface area contributed by atoms with Crippen molar-refractivity contribution < 1.29 is 19.1 Å². The SMILES string of the molecule is NC(=O)CCC(N)c1ocnc1C(=O)O. The van der Waals surface area contributed by atoms with Crippen LogP contribution in [-0.2, 0) is 4.79 Å². The summed E-state index contributed by atoms with van der Waals surface area (Å²) in [6, 6.07) is -0.689. The molecular weight excluding hydrogens is 202 g/mol. The molecule has 0 aliphatic carbocycles. The van der Waals surface area contributed by atoms with Crippen molar-refractivity contribution in [3.05, 3.63) is 17.8 Å². The van der Waals surface area contributed by atoms with Crippen LogP contribution in [0.3, 0.4) is 0 Å². The number of oxazole rings is 1. The highest BCUT2D eigenvalue weighted by molar-refractivity contribution is 5.86. The molecule has 1 unspecified atom stereocenters. The van der Waals surface area contributed by atoms with Crippen LogP contribution in [0.4, 0.5) is 0 Å². The molecule has 0 aromatic carbocycles. The summed E-state index contributed by atoms with van der Waals surface area (Å²) in [7, 11) is 0. The summed E-state index contributed by atoms with van der Waals surface area (Å²) in [6.45, 7) is 0. The van der Waals surface area contributed by atoms with E-state index in [-0.39, 0.29) is 24.3 Å². The average Bonchev–Trinajstić information content (AvgIpc) is 2.62. The average molecular weight is 213 g/mol. The van der Waals surface area contributed by atoms with Crippen molar-refractivity contribution in [3.8, 4) is 0 Å². The highest BCUT2D eigenvalue weighted by Crippen LogP contribution is 2.19. The molecule has 82 valence electrons. The highest BCUT2D eigenvalue weighted by atomic mass is 16.4. The van der Waals surface area contributed by atoms with Crippen LogP contribution in [0.5, 0.6) is 0 Å². The molecule has 0 bridgehead atoms. The summed E-state index contributed by atoms with van der Waals surface area (Å²) in [6.07, 6.45) is 1.30. The molecule has 1 heterocycles. The number of amides is 1. The van der Waals surface area contributed by atoms with Crippen LogP contribution >= 0.6 is 0 Å². The van der Waals surface area contributed by atoms with Gasteiger partial charge in [0, 0.05) is 6.42 Å². The number of carboxylic acids is 1. The number of primary amides is 1. The second kappa shape index (κ2) is 4.56. The predicted molar refractivity (Wildman–Crippen MR) is 48.8 cm³/mol. The van der Waals surface area contributed by atoms with E-state index in [1.54, 1.807) is 0 Å². The van der Waals surface area contributed by atoms with Gasteiger partial charge in [-0.2, -0.15) is 0 Å². The third-order valence-electron chi connectivity index (χ3n) is 1.84. The van der Waals surface area contributed by atoms with Crippen molar-refractivity contribution in [3.63, 3.8) is 0 Å². The fourth-order valence-corrected chi connectivity index (χ4v) is 1.11. The van der Waals surface area contributed by atoms with E-state index in [1.807, 2.05) is 0 Å². The molecule has 0 spiro atoms. The minimum absolute atomic E-state index is 0.0590. The molecule has 0 aliphatic heterocycles. The maximum Gasteiger partial charge on any atom is 0.358 e. The Kier molecular flexibility index (Phi) is 3.40. The molecule has 1 rings (SSSR count). The van der Waals surface area contributed by atoms with Crippen molar-refractivity contribution in [1.82, 2.24) is 4.98 Å². The monoisotopic (exact) mass is 213 g/mol. The Morgan fingerprint density at radius 3 is 2.80 bits per heavy atom. The molecule has 0 saturated heterocycles. The lowest BCUT2D eigenvalue weighted by molar-refractivity contribution is -0.118. The van der Waals surface area contributed by atoms with Gasteiger partial charge in [-0.25, -0.2) is 9.78 Å². The molecule has 0 radical (unpaired) electrons. The lowest BCUT2D eigenvalue weighted by atomic mass is 10.1. The van der Waals surface area contributed by atoms with Gasteiger partial charge in [0.15, 0.2) is 17.8 Å². The minimum Gasteiger partial charge on any atom is -0.476 e. The van der Waals surface area contributed by atoms with E-state index in [0.717, 1.165) is 6.39 Å². The van der Waals surface area contributed by atoms with Gasteiger partial charge >= 0.3 is 5.97 Å². The molecule has 1 amide bonds. The van der Waals surface area contributed by atoms with Gasteiger partial charge in [-0.05, 0) is 6.42 Å². The van der Waals surface area contributed by atoms with E-state index in [0.29, 0.717) is 0 Å². The first-order valence-corrected chi connectivity index (χ1v) is 4.23. The maximum absolute atomic E-state index is 10.7. The lowest BCUT2D eigenvalue weighted by Crippen LogP contribution is -2.18. The Morgan fingerprint density at radius 2 is 2.27 bits per heavy atom. The van der Waals surface area contributed by atoms with Gasteiger partial charge in [0.1, 0.15) is 0 Å². The normalized spacial score (nSPS) is 12.3. The molecule has 5 N–H and O–H groups in total. The van der Waals surface area contributed by atoms with Crippen molar-refractivity contribution in [2.45, 2.75) is 18.9 Å². The molecule has 0 saturated carbocycles. The van der Waals surface area contributed by atoms with Crippen LogP contribution < -0.4 is 11.5 Å². The third kappa shape index (κ3) is 2.78. The quantitative estimate of drug-likeness (QED) is 0.611. The fourth-order valence-electron chi connectivity index (χ4n) is 1.11. The summed E-state index contributed by atoms with van der Waals surface area (Å²) >= 11 is 0. The van der Waals surface area contributed by atoms with Gasteiger partial charge in [0.05, 0.1) is 6.04 Å². The Labute approximate surface area is 85.1 Å². The first-order chi connectivity index (χ1) is 7.02. The molecule has 1 atom stereocenters. The van der Waals surface area contributed by atoms with Crippen LogP contribution in [-0.4, -0.2) is 22.0 Å². The number of aromatic nitrogens is 1. The van der Waals surface area contributed by atoms with Gasteiger partial charge in [-0.3, -0.25) is 4.79 Å². The molecule has 1 aromatic rings. The van der Waals surface area contributed by atoms with Crippen LogP contribution in [0.2, 0.25) is 0 Å². The van der Waals surface area contributed by atoms with Gasteiger partial charge in [-0.1, -0.05) is 0 Å². The van der Waals surface area contributed by atoms with E-state index in [9.17, 15) is 9.59 Å². The van der Waals surface area contributed by atoms with Crippen molar-refractivity contribution >= 4 is 11.9 Å². The van der Waals surface area contributed by atoms with Crippen molar-refractivity contribution in [2.75, 3.05) is 0 Å². The van der Waals surface area contributed by atoms with Crippen LogP contribution in [0.1, 0.15) is 35.1 Å². The lowest BCUT2D eigenvalue weighted by Gasteiger charge is -2.06. The number of carbonyl (C=O) groups is 2. The fraction of sp³-hybridized carbons (Fsp3) is 0.375. The number of aromatic carboxylic acids is 1. The van der Waals surface area contributed by atoms with E-state index < -0.39 is 17.9 Å². The van der Waals surface area contributed by atoms with Gasteiger partial charge in [0.2, 0.25) is 5.91 Å². The number of nitrogens with zero attached hydrogens (tertiary/aromatic N) is 1. The second-order valence-corrected chi connectivity index (χ2v) is 2.98. The first-order valence-electron chi connectivity index (χ1n) is 4.23. The predicted octanol–water partition coefficient (Wildman–Crippen LogP) is -0.362. The zero-order valence-corrected chi connectivity index (χ0v) is 7.84. The third-order valence-corrected chi connectivity index (χ3v) is 1.84. The molecule has 0 aliphatic rings. The summed E-state index contributed by atoms with van der Waals surface area (Å²) in [5, 5.41) is 8.71. The molecular formula is C8H11N3O4. The van der Waals surface area contributed by atoms with E-state index in [1.165, 1.54) is 0 Å². The number of hydrogen-bond acceptors (Lipinski definition) is 5. The van der Waals surface area contributed by atoms with Gasteiger partial charge in [0.25, 0.3) is 0 Å². The zero-order valence-electron chi connectivity index (χ0n) is 7.84. The number of nitrogens with two attached hydrogens (primary N) is 2. The topological polar surface area (TPSA) is 132 Å². The standard InChI is InChI=1S/C8H11N3O4/c9-4(1-2-5(10)12)7-6(8(13)14)11-3-15-7/h3-4H,1-2,9H2,(H2,10,12)(H,13,14). The van der Waals surface area contributed by atoms with E-state index in [4.69, 9.17) is 21.0 Å². The molecule has 0 fully saturated rings. The number of rotatable bonds is 5. The molecule has 7 heteroatoms. The second-order valence-electron chi connectivity index (χ2n) is 2.98. The summed E-state index contributed by atoms with van der Waals surface area (Å²) in [4.78, 5) is 24.7. The van der Waals surface area contributed by atoms with Gasteiger partial charge in [-0.15, -0.1) is 0 Å². The summed E-state index contributed by atoms with van der Waals surface area (Å²) < 4.78 is 4.85. The number of hydrogen-bond donors (Lipinski definition) is 3. The Morgan fingerprint density at radius 1 is 1.60 bits per heavy atom. The van der Waals surface area contributed by atoms with Crippen molar-refractivity contribution in [2.24, 2.45) is 11.5 Å². The molecule has 15 heavy (non-hydrogen) atoms. The van der Waals surface area contributed by atoms with Crippen molar-refractivity contribution in [1.29, 1.82) is 0 Å². The smallest absolute Gasteiger partial charge is 0.358 e.